The highest BCUT2D eigenvalue weighted by molar-refractivity contribution is 6.39. The number of carbonyl (C=O) groups excluding carboxylic acids is 1. The zero-order valence-corrected chi connectivity index (χ0v) is 13.5. The Bertz CT molecular complexity index is 642. The van der Waals surface area contributed by atoms with Crippen LogP contribution in [-0.2, 0) is 6.42 Å². The van der Waals surface area contributed by atoms with E-state index in [1.54, 1.807) is 0 Å². The lowest BCUT2D eigenvalue weighted by atomic mass is 10.1. The number of anilines is 1. The van der Waals surface area contributed by atoms with Crippen molar-refractivity contribution < 1.29 is 9.90 Å². The summed E-state index contributed by atoms with van der Waals surface area (Å²) in [5.74, 6) is -0.450. The van der Waals surface area contributed by atoms with Crippen LogP contribution in [0.4, 0.5) is 5.69 Å². The number of aliphatic hydroxyl groups is 1. The Morgan fingerprint density at radius 3 is 2.27 bits per heavy atom. The second kappa shape index (κ2) is 7.54. The van der Waals surface area contributed by atoms with Crippen molar-refractivity contribution in [2.45, 2.75) is 13.3 Å². The molecule has 5 nitrogen and oxygen atoms in total. The minimum absolute atomic E-state index is 0.0156. The van der Waals surface area contributed by atoms with Gasteiger partial charge in [0.25, 0.3) is 5.91 Å². The average Bonchev–Trinajstić information content (AvgIpc) is 2.52. The first kappa shape index (κ1) is 16.7. The number of rotatable bonds is 5. The van der Waals surface area contributed by atoms with Crippen LogP contribution in [0.3, 0.4) is 0 Å². The number of nitrogens with zero attached hydrogens (tertiary/aromatic N) is 3. The molecule has 1 aromatic heterocycles. The van der Waals surface area contributed by atoms with Gasteiger partial charge in [0.05, 0.1) is 6.61 Å². The number of aryl methyl sites for hydroxylation is 1. The highest BCUT2D eigenvalue weighted by Crippen LogP contribution is 2.25. The smallest absolute Gasteiger partial charge is 0.264 e. The number of hydrogen-bond donors (Lipinski definition) is 1. The summed E-state index contributed by atoms with van der Waals surface area (Å²) in [7, 11) is 0. The van der Waals surface area contributed by atoms with Gasteiger partial charge in [0.2, 0.25) is 0 Å². The Labute approximate surface area is 138 Å². The first-order valence-electron chi connectivity index (χ1n) is 6.76. The first-order valence-corrected chi connectivity index (χ1v) is 7.51. The molecular weight excluding hydrogens is 325 g/mol. The topological polar surface area (TPSA) is 66.3 Å². The van der Waals surface area contributed by atoms with E-state index in [0.717, 1.165) is 12.0 Å². The normalized spacial score (nSPS) is 10.5. The summed E-state index contributed by atoms with van der Waals surface area (Å²) in [6, 6.07) is 7.49. The summed E-state index contributed by atoms with van der Waals surface area (Å²) in [5, 5.41) is 9.21. The molecule has 0 aliphatic heterocycles. The maximum absolute atomic E-state index is 12.7. The Balaban J connectivity index is 2.40. The van der Waals surface area contributed by atoms with Gasteiger partial charge in [-0.25, -0.2) is 9.97 Å². The van der Waals surface area contributed by atoms with Gasteiger partial charge in [0, 0.05) is 12.2 Å². The molecule has 1 amide bonds. The van der Waals surface area contributed by atoms with Gasteiger partial charge in [0.1, 0.15) is 22.2 Å². The van der Waals surface area contributed by atoms with Crippen LogP contribution in [0.2, 0.25) is 10.3 Å². The Morgan fingerprint density at radius 2 is 1.77 bits per heavy atom. The highest BCUT2D eigenvalue weighted by atomic mass is 35.5. The van der Waals surface area contributed by atoms with Crippen molar-refractivity contribution in [1.29, 1.82) is 0 Å². The van der Waals surface area contributed by atoms with Crippen LogP contribution >= 0.6 is 23.2 Å². The van der Waals surface area contributed by atoms with Gasteiger partial charge >= 0.3 is 0 Å². The van der Waals surface area contributed by atoms with Gasteiger partial charge in [-0.3, -0.25) is 4.79 Å². The molecule has 2 aromatic rings. The molecule has 0 bridgehead atoms. The summed E-state index contributed by atoms with van der Waals surface area (Å²) in [4.78, 5) is 21.7. The molecule has 0 aliphatic carbocycles. The van der Waals surface area contributed by atoms with Gasteiger partial charge in [0.15, 0.2) is 0 Å². The average molecular weight is 340 g/mol. The fourth-order valence-corrected chi connectivity index (χ4v) is 2.49. The maximum atomic E-state index is 12.7. The van der Waals surface area contributed by atoms with E-state index in [1.807, 2.05) is 31.2 Å². The molecule has 116 valence electrons. The minimum Gasteiger partial charge on any atom is -0.395 e. The van der Waals surface area contributed by atoms with Crippen molar-refractivity contribution in [1.82, 2.24) is 9.97 Å². The van der Waals surface area contributed by atoms with Crippen LogP contribution in [0.5, 0.6) is 0 Å². The van der Waals surface area contributed by atoms with E-state index in [1.165, 1.54) is 11.2 Å². The third kappa shape index (κ3) is 3.55. The van der Waals surface area contributed by atoms with E-state index in [2.05, 4.69) is 9.97 Å². The fourth-order valence-electron chi connectivity index (χ4n) is 2.02. The molecule has 2 rings (SSSR count). The number of aliphatic hydroxyl groups excluding tert-OH is 1. The van der Waals surface area contributed by atoms with Crippen molar-refractivity contribution >= 4 is 34.8 Å². The number of aromatic nitrogens is 2. The molecule has 0 fully saturated rings. The third-order valence-electron chi connectivity index (χ3n) is 3.19. The van der Waals surface area contributed by atoms with E-state index in [9.17, 15) is 9.90 Å². The van der Waals surface area contributed by atoms with Crippen LogP contribution < -0.4 is 4.90 Å². The van der Waals surface area contributed by atoms with Crippen molar-refractivity contribution in [3.63, 3.8) is 0 Å². The van der Waals surface area contributed by atoms with Crippen LogP contribution in [0.25, 0.3) is 0 Å². The molecule has 0 saturated heterocycles. The van der Waals surface area contributed by atoms with Crippen LogP contribution in [-0.4, -0.2) is 34.1 Å². The number of benzene rings is 1. The largest absolute Gasteiger partial charge is 0.395 e. The Hall–Kier alpha value is -1.69. The molecule has 0 unspecified atom stereocenters. The quantitative estimate of drug-likeness (QED) is 0.850. The lowest BCUT2D eigenvalue weighted by Gasteiger charge is -2.22. The van der Waals surface area contributed by atoms with Gasteiger partial charge in [-0.2, -0.15) is 0 Å². The van der Waals surface area contributed by atoms with E-state index >= 15 is 0 Å². The SMILES string of the molecule is CCc1ccc(N(CCO)C(=O)c2c(Cl)ncnc2Cl)cc1. The van der Waals surface area contributed by atoms with Gasteiger partial charge in [-0.1, -0.05) is 42.3 Å². The summed E-state index contributed by atoms with van der Waals surface area (Å²) in [6.07, 6.45) is 2.09. The van der Waals surface area contributed by atoms with Crippen molar-refractivity contribution in [2.24, 2.45) is 0 Å². The lowest BCUT2D eigenvalue weighted by Crippen LogP contribution is -2.34. The molecule has 7 heteroatoms. The second-order valence-corrected chi connectivity index (χ2v) is 5.25. The summed E-state index contributed by atoms with van der Waals surface area (Å²) < 4.78 is 0. The molecule has 1 heterocycles. The number of amides is 1. The van der Waals surface area contributed by atoms with E-state index < -0.39 is 5.91 Å². The van der Waals surface area contributed by atoms with Crippen molar-refractivity contribution in [3.05, 3.63) is 52.0 Å². The molecule has 0 spiro atoms. The summed E-state index contributed by atoms with van der Waals surface area (Å²) in [5.41, 5.74) is 1.82. The lowest BCUT2D eigenvalue weighted by molar-refractivity contribution is 0.0980. The maximum Gasteiger partial charge on any atom is 0.264 e. The zero-order chi connectivity index (χ0) is 16.1. The van der Waals surface area contributed by atoms with Gasteiger partial charge in [-0.05, 0) is 24.1 Å². The summed E-state index contributed by atoms with van der Waals surface area (Å²) >= 11 is 11.9. The first-order chi connectivity index (χ1) is 10.6. The second-order valence-electron chi connectivity index (χ2n) is 4.53. The van der Waals surface area contributed by atoms with Crippen molar-refractivity contribution in [2.75, 3.05) is 18.1 Å². The highest BCUT2D eigenvalue weighted by Gasteiger charge is 2.24. The molecular formula is C15H15Cl2N3O2. The fraction of sp³-hybridized carbons (Fsp3) is 0.267. The van der Waals surface area contributed by atoms with Crippen LogP contribution in [0.1, 0.15) is 22.8 Å². The van der Waals surface area contributed by atoms with Crippen molar-refractivity contribution in [3.8, 4) is 0 Å². The molecule has 0 aliphatic rings. The third-order valence-corrected chi connectivity index (χ3v) is 3.77. The zero-order valence-electron chi connectivity index (χ0n) is 12.0. The van der Waals surface area contributed by atoms with Gasteiger partial charge < -0.3 is 10.0 Å². The Kier molecular flexibility index (Phi) is 5.71. The standard InChI is InChI=1S/C15H15Cl2N3O2/c1-2-10-3-5-11(6-4-10)20(7-8-21)15(22)12-13(16)18-9-19-14(12)17/h3-6,9,21H,2,7-8H2,1H3. The minimum atomic E-state index is -0.450. The monoisotopic (exact) mass is 339 g/mol. The summed E-state index contributed by atoms with van der Waals surface area (Å²) in [6.45, 7) is 1.97. The molecule has 1 N–H and O–H groups in total. The van der Waals surface area contributed by atoms with Crippen LogP contribution in [0.15, 0.2) is 30.6 Å². The molecule has 0 radical (unpaired) electrons. The van der Waals surface area contributed by atoms with E-state index in [-0.39, 0.29) is 29.0 Å². The number of carbonyl (C=O) groups is 1. The number of hydrogen-bond acceptors (Lipinski definition) is 4. The predicted octanol–water partition coefficient (Wildman–Crippen LogP) is 2.98. The van der Waals surface area contributed by atoms with E-state index in [0.29, 0.717) is 5.69 Å². The molecule has 0 atom stereocenters. The predicted molar refractivity (Wildman–Crippen MR) is 86.6 cm³/mol. The molecule has 0 saturated carbocycles. The van der Waals surface area contributed by atoms with Gasteiger partial charge in [-0.15, -0.1) is 0 Å². The number of halogens is 2. The van der Waals surface area contributed by atoms with Crippen LogP contribution in [0, 0.1) is 0 Å². The molecule has 1 aromatic carbocycles. The Morgan fingerprint density at radius 1 is 1.18 bits per heavy atom. The van der Waals surface area contributed by atoms with E-state index in [4.69, 9.17) is 23.2 Å². The molecule has 22 heavy (non-hydrogen) atoms.